The number of carbonyl (C=O) groups excluding carboxylic acids is 4. The van der Waals surface area contributed by atoms with Gasteiger partial charge in [0.25, 0.3) is 0 Å². The van der Waals surface area contributed by atoms with Gasteiger partial charge in [-0.3, -0.25) is 14.4 Å². The Morgan fingerprint density at radius 2 is 1.48 bits per heavy atom. The van der Waals surface area contributed by atoms with Crippen molar-refractivity contribution in [1.82, 2.24) is 20.9 Å². The normalized spacial score (nSPS) is 21.3. The molecule has 1 aliphatic rings. The first kappa shape index (κ1) is 61.9. The summed E-state index contributed by atoms with van der Waals surface area (Å²) in [5, 5.41) is 19.5. The Balaban J connectivity index is 0. The number of amides is 1. The minimum absolute atomic E-state index is 0.000705. The predicted octanol–water partition coefficient (Wildman–Crippen LogP) is 9.16. The van der Waals surface area contributed by atoms with Gasteiger partial charge in [0.1, 0.15) is 23.1 Å². The highest BCUT2D eigenvalue weighted by atomic mass is 32.1. The SMILES string of the molecule is C/C=C\c1csc(C)n1.CC(C)(CCOC(C)(C)S)NCC=O.CC1CCCNC(=O)CC(OC(=O)CNC(C)(C)CCOC(C)(C)C)[C@@H](C)C(=O)C(C)CC(C)CCC1.CO. The number of esters is 1. The third-order valence-electron chi connectivity index (χ3n) is 10.3. The summed E-state index contributed by atoms with van der Waals surface area (Å²) in [5.41, 5.74) is 0.459. The number of aromatic nitrogens is 1. The Kier molecular flexibility index (Phi) is 32.4. The van der Waals surface area contributed by atoms with Gasteiger partial charge in [0.05, 0.1) is 48.3 Å². The van der Waals surface area contributed by atoms with Crippen LogP contribution in [0.4, 0.5) is 0 Å². The van der Waals surface area contributed by atoms with Crippen molar-refractivity contribution in [3.8, 4) is 0 Å². The first-order valence-corrected chi connectivity index (χ1v) is 23.9. The molecule has 0 radical (unpaired) electrons. The van der Waals surface area contributed by atoms with Crippen LogP contribution >= 0.6 is 24.0 Å². The highest BCUT2D eigenvalue weighted by Crippen LogP contribution is 2.26. The molecule has 14 heteroatoms. The summed E-state index contributed by atoms with van der Waals surface area (Å²) < 4.78 is 17.1. The number of aliphatic hydroxyl groups excluding tert-OH is 1. The lowest BCUT2D eigenvalue weighted by Gasteiger charge is -2.29. The zero-order valence-corrected chi connectivity index (χ0v) is 43.4. The number of nitrogens with one attached hydrogen (secondary N) is 3. The average Bonchev–Trinajstić information content (AvgIpc) is 3.58. The molecule has 2 rings (SSSR count). The third kappa shape index (κ3) is 34.2. The number of hydrogen-bond donors (Lipinski definition) is 5. The summed E-state index contributed by atoms with van der Waals surface area (Å²) in [6, 6.07) is 0. The van der Waals surface area contributed by atoms with Crippen molar-refractivity contribution in [3.63, 3.8) is 0 Å². The molecule has 0 saturated carbocycles. The van der Waals surface area contributed by atoms with Crippen LogP contribution in [0.25, 0.3) is 6.08 Å². The molecule has 0 aromatic carbocycles. The lowest BCUT2D eigenvalue weighted by Crippen LogP contribution is -2.45. The highest BCUT2D eigenvalue weighted by Gasteiger charge is 2.33. The quantitative estimate of drug-likeness (QED) is 0.0493. The topological polar surface area (TPSA) is 165 Å². The summed E-state index contributed by atoms with van der Waals surface area (Å²) in [6.07, 6.45) is 12.0. The summed E-state index contributed by atoms with van der Waals surface area (Å²) in [4.78, 5) is 52.8. The molecule has 5 atom stereocenters. The zero-order chi connectivity index (χ0) is 48.2. The molecule has 0 aliphatic carbocycles. The second-order valence-electron chi connectivity index (χ2n) is 19.4. The van der Waals surface area contributed by atoms with Crippen molar-refractivity contribution < 1.29 is 38.5 Å². The number of aldehydes is 1. The van der Waals surface area contributed by atoms with Crippen LogP contribution in [0.1, 0.15) is 165 Å². The maximum absolute atomic E-state index is 13.3. The number of rotatable bonds is 15. The molecular formula is C48H90N4O8S2. The molecule has 1 aromatic heterocycles. The van der Waals surface area contributed by atoms with E-state index in [9.17, 15) is 19.2 Å². The van der Waals surface area contributed by atoms with Crippen LogP contribution in [-0.2, 0) is 33.4 Å². The van der Waals surface area contributed by atoms with Crippen molar-refractivity contribution in [2.24, 2.45) is 23.7 Å². The van der Waals surface area contributed by atoms with Crippen LogP contribution < -0.4 is 16.0 Å². The highest BCUT2D eigenvalue weighted by molar-refractivity contribution is 7.81. The second-order valence-corrected chi connectivity index (χ2v) is 21.5. The number of ether oxygens (including phenoxy) is 3. The van der Waals surface area contributed by atoms with Gasteiger partial charge in [-0.1, -0.05) is 53.0 Å². The molecule has 1 amide bonds. The lowest BCUT2D eigenvalue weighted by molar-refractivity contribution is -0.154. The molecule has 1 aromatic rings. The summed E-state index contributed by atoms with van der Waals surface area (Å²) >= 11 is 5.94. The molecule has 62 heavy (non-hydrogen) atoms. The molecule has 1 fully saturated rings. The molecule has 1 aliphatic heterocycles. The fraction of sp³-hybridized carbons (Fsp3) is 0.812. The standard InChI is InChI=1S/C30H56N2O5.C10H21NO2S.C7H9NS.CH4O/c1-21-12-10-13-22(2)18-23(3)28(35)24(4)25(19-26(33)31-16-11-14-21)37-27(34)20-32-30(8,9)15-17-36-29(5,6)7;1-9(2,11-6-7-12)5-8-13-10(3,4)14;1-3-4-7-5-9-6(2)8-7;1-2/h21-25,32H,10-20H2,1-9H3,(H,31,33);7,11,14H,5-6,8H2,1-4H3;3-5H,1-2H3;2H,1H3/b;;4-3-;/t21?,22?,23?,24-,25?;;;/m1.../s1. The summed E-state index contributed by atoms with van der Waals surface area (Å²) in [5.74, 6) is -0.161. The number of carbonyl (C=O) groups is 4. The number of aryl methyl sites for hydroxylation is 1. The van der Waals surface area contributed by atoms with Crippen LogP contribution in [0.2, 0.25) is 0 Å². The van der Waals surface area contributed by atoms with Gasteiger partial charge in [-0.25, -0.2) is 4.98 Å². The van der Waals surface area contributed by atoms with Crippen molar-refractivity contribution in [1.29, 1.82) is 0 Å². The number of allylic oxidation sites excluding steroid dienone is 1. The minimum atomic E-state index is -0.779. The van der Waals surface area contributed by atoms with Gasteiger partial charge in [-0.2, -0.15) is 0 Å². The first-order chi connectivity index (χ1) is 28.7. The number of nitrogens with zero attached hydrogens (tertiary/aromatic N) is 1. The first-order valence-electron chi connectivity index (χ1n) is 22.6. The summed E-state index contributed by atoms with van der Waals surface area (Å²) in [6.45, 7) is 32.4. The molecular weight excluding hydrogens is 825 g/mol. The minimum Gasteiger partial charge on any atom is -0.460 e. The van der Waals surface area contributed by atoms with Gasteiger partial charge < -0.3 is 40.1 Å². The van der Waals surface area contributed by atoms with Gasteiger partial charge in [-0.05, 0) is 126 Å². The lowest BCUT2D eigenvalue weighted by atomic mass is 9.83. The smallest absolute Gasteiger partial charge is 0.320 e. The van der Waals surface area contributed by atoms with E-state index in [4.69, 9.17) is 19.3 Å². The Morgan fingerprint density at radius 1 is 0.919 bits per heavy atom. The van der Waals surface area contributed by atoms with Crippen molar-refractivity contribution in [3.05, 3.63) is 22.2 Å². The Labute approximate surface area is 387 Å². The van der Waals surface area contributed by atoms with Gasteiger partial charge in [0.2, 0.25) is 5.91 Å². The third-order valence-corrected chi connectivity index (χ3v) is 11.2. The molecule has 362 valence electrons. The van der Waals surface area contributed by atoms with Crippen molar-refractivity contribution in [2.45, 2.75) is 189 Å². The fourth-order valence-electron chi connectivity index (χ4n) is 6.49. The van der Waals surface area contributed by atoms with Gasteiger partial charge in [0, 0.05) is 42.6 Å². The van der Waals surface area contributed by atoms with Crippen molar-refractivity contribution in [2.75, 3.05) is 40.0 Å². The van der Waals surface area contributed by atoms with E-state index in [0.717, 1.165) is 69.0 Å². The van der Waals surface area contributed by atoms with Crippen LogP contribution in [0.3, 0.4) is 0 Å². The summed E-state index contributed by atoms with van der Waals surface area (Å²) in [7, 11) is 1.00. The van der Waals surface area contributed by atoms with E-state index >= 15 is 0 Å². The zero-order valence-electron chi connectivity index (χ0n) is 41.7. The predicted molar refractivity (Wildman–Crippen MR) is 261 cm³/mol. The van der Waals surface area contributed by atoms with E-state index < -0.39 is 18.0 Å². The van der Waals surface area contributed by atoms with Gasteiger partial charge >= 0.3 is 5.97 Å². The maximum atomic E-state index is 13.3. The van der Waals surface area contributed by atoms with Crippen LogP contribution in [-0.4, -0.2) is 102 Å². The Morgan fingerprint density at radius 3 is 2.02 bits per heavy atom. The van der Waals surface area contributed by atoms with Crippen LogP contribution in [0.5, 0.6) is 0 Å². The number of thiazole rings is 1. The molecule has 4 unspecified atom stereocenters. The molecule has 1 saturated heterocycles. The second kappa shape index (κ2) is 32.5. The molecule has 4 N–H and O–H groups in total. The van der Waals surface area contributed by atoms with Crippen LogP contribution in [0.15, 0.2) is 11.5 Å². The fourth-order valence-corrected chi connectivity index (χ4v) is 7.17. The number of hydrogen-bond acceptors (Lipinski definition) is 13. The largest absolute Gasteiger partial charge is 0.460 e. The molecule has 0 spiro atoms. The van der Waals surface area contributed by atoms with E-state index in [1.165, 1.54) is 6.42 Å². The van der Waals surface area contributed by atoms with Crippen LogP contribution in [0, 0.1) is 30.6 Å². The van der Waals surface area contributed by atoms with Crippen molar-refractivity contribution >= 4 is 54.0 Å². The monoisotopic (exact) mass is 915 g/mol. The number of ketones is 1. The maximum Gasteiger partial charge on any atom is 0.320 e. The average molecular weight is 915 g/mol. The molecule has 12 nitrogen and oxygen atoms in total. The van der Waals surface area contributed by atoms with Gasteiger partial charge in [-0.15, -0.1) is 24.0 Å². The van der Waals surface area contributed by atoms with E-state index in [-0.39, 0.29) is 52.2 Å². The number of aliphatic hydroxyl groups is 1. The van der Waals surface area contributed by atoms with Gasteiger partial charge in [0.15, 0.2) is 0 Å². The number of thiol groups is 1. The molecule has 2 heterocycles. The van der Waals surface area contributed by atoms with E-state index in [0.29, 0.717) is 38.1 Å². The van der Waals surface area contributed by atoms with E-state index in [1.54, 1.807) is 18.3 Å². The van der Waals surface area contributed by atoms with E-state index in [2.05, 4.69) is 52.8 Å². The number of Topliss-reactive ketones (excluding diaryl/α,β-unsaturated/α-hetero) is 1. The molecule has 0 bridgehead atoms. The Hall–Kier alpha value is -2.20. The Bertz CT molecular complexity index is 1400. The van der Waals surface area contributed by atoms with E-state index in [1.807, 2.05) is 95.2 Å².